The molecule has 2 N–H and O–H groups in total. The molecule has 7 nitrogen and oxygen atoms in total. The molecule has 1 unspecified atom stereocenters. The van der Waals surface area contributed by atoms with E-state index in [4.69, 9.17) is 9.47 Å². The molecule has 2 aliphatic rings. The summed E-state index contributed by atoms with van der Waals surface area (Å²) >= 11 is 0. The molecule has 0 aromatic heterocycles. The van der Waals surface area contributed by atoms with E-state index < -0.39 is 17.7 Å². The highest BCUT2D eigenvalue weighted by atomic mass is 16.5. The van der Waals surface area contributed by atoms with Gasteiger partial charge >= 0.3 is 6.03 Å². The zero-order valence-electron chi connectivity index (χ0n) is 13.9. The minimum Gasteiger partial charge on any atom is -0.497 e. The number of nitrogens with one attached hydrogen (secondary N) is 1. The lowest BCUT2D eigenvalue weighted by molar-refractivity contribution is -0.132. The molecule has 0 radical (unpaired) electrons. The smallest absolute Gasteiger partial charge is 0.325 e. The molecule has 3 amide bonds. The molecule has 1 atom stereocenters. The topological polar surface area (TPSA) is 88.1 Å². The highest BCUT2D eigenvalue weighted by Gasteiger charge is 2.52. The fourth-order valence-corrected chi connectivity index (χ4v) is 3.53. The Labute approximate surface area is 140 Å². The van der Waals surface area contributed by atoms with Crippen molar-refractivity contribution in [2.75, 3.05) is 20.8 Å². The molecular weight excluding hydrogens is 312 g/mol. The Bertz CT molecular complexity index is 654. The second-order valence-corrected chi connectivity index (χ2v) is 6.26. The predicted octanol–water partition coefficient (Wildman–Crippen LogP) is 1.60. The van der Waals surface area contributed by atoms with Crippen molar-refractivity contribution in [3.63, 3.8) is 0 Å². The van der Waals surface area contributed by atoms with Gasteiger partial charge in [0.15, 0.2) is 0 Å². The van der Waals surface area contributed by atoms with Gasteiger partial charge in [0.05, 0.1) is 20.8 Å². The number of amides is 3. The summed E-state index contributed by atoms with van der Waals surface area (Å²) in [5, 5.41) is 13.4. The van der Waals surface area contributed by atoms with Gasteiger partial charge in [-0.2, -0.15) is 0 Å². The van der Waals surface area contributed by atoms with Crippen molar-refractivity contribution < 1.29 is 24.2 Å². The molecule has 1 aliphatic carbocycles. The van der Waals surface area contributed by atoms with Crippen LogP contribution in [0.25, 0.3) is 0 Å². The molecular formula is C17H22N2O5. The van der Waals surface area contributed by atoms with Gasteiger partial charge in [0.2, 0.25) is 0 Å². The fraction of sp³-hybridized carbons (Fsp3) is 0.529. The van der Waals surface area contributed by atoms with Crippen LogP contribution in [-0.4, -0.2) is 48.2 Å². The Morgan fingerprint density at radius 1 is 1.25 bits per heavy atom. The van der Waals surface area contributed by atoms with Crippen LogP contribution in [0.5, 0.6) is 11.5 Å². The molecule has 1 aromatic rings. The number of methoxy groups -OCH3 is 2. The number of urea groups is 1. The van der Waals surface area contributed by atoms with Crippen LogP contribution >= 0.6 is 0 Å². The molecule has 1 heterocycles. The van der Waals surface area contributed by atoms with Crippen LogP contribution in [0.3, 0.4) is 0 Å². The number of nitrogens with zero attached hydrogens (tertiary/aromatic N) is 1. The maximum absolute atomic E-state index is 12.7. The summed E-state index contributed by atoms with van der Waals surface area (Å²) in [6.07, 6.45) is 2.11. The second kappa shape index (κ2) is 6.32. The molecule has 1 aliphatic heterocycles. The average molecular weight is 334 g/mol. The summed E-state index contributed by atoms with van der Waals surface area (Å²) in [6.45, 7) is -0.115. The third-order valence-electron chi connectivity index (χ3n) is 4.85. The number of hydrogen-bond donors (Lipinski definition) is 2. The molecule has 1 spiro atoms. The van der Waals surface area contributed by atoms with Crippen LogP contribution in [0.4, 0.5) is 4.79 Å². The van der Waals surface area contributed by atoms with Gasteiger partial charge < -0.3 is 19.9 Å². The summed E-state index contributed by atoms with van der Waals surface area (Å²) in [6, 6.07) is 4.61. The lowest BCUT2D eigenvalue weighted by Gasteiger charge is -2.22. The van der Waals surface area contributed by atoms with Crippen molar-refractivity contribution in [1.29, 1.82) is 0 Å². The lowest BCUT2D eigenvalue weighted by atomic mass is 9.98. The van der Waals surface area contributed by atoms with Gasteiger partial charge in [-0.1, -0.05) is 12.8 Å². The van der Waals surface area contributed by atoms with E-state index in [9.17, 15) is 14.7 Å². The summed E-state index contributed by atoms with van der Waals surface area (Å²) in [4.78, 5) is 26.0. The Morgan fingerprint density at radius 3 is 2.58 bits per heavy atom. The van der Waals surface area contributed by atoms with Crippen LogP contribution in [0.2, 0.25) is 0 Å². The fourth-order valence-electron chi connectivity index (χ4n) is 3.53. The van der Waals surface area contributed by atoms with Crippen molar-refractivity contribution in [2.24, 2.45) is 0 Å². The highest BCUT2D eigenvalue weighted by Crippen LogP contribution is 2.36. The third kappa shape index (κ3) is 2.69. The van der Waals surface area contributed by atoms with Crippen LogP contribution in [0.1, 0.15) is 37.4 Å². The van der Waals surface area contributed by atoms with Crippen molar-refractivity contribution in [3.8, 4) is 11.5 Å². The molecule has 0 bridgehead atoms. The molecule has 1 saturated carbocycles. The van der Waals surface area contributed by atoms with Crippen LogP contribution in [0.15, 0.2) is 18.2 Å². The van der Waals surface area contributed by atoms with E-state index >= 15 is 0 Å². The average Bonchev–Trinajstić information content (AvgIpc) is 3.15. The number of rotatable bonds is 5. The zero-order valence-corrected chi connectivity index (χ0v) is 13.9. The molecule has 7 heteroatoms. The number of aliphatic hydroxyl groups excluding tert-OH is 1. The Kier molecular flexibility index (Phi) is 4.36. The monoisotopic (exact) mass is 334 g/mol. The maximum atomic E-state index is 12.7. The van der Waals surface area contributed by atoms with Gasteiger partial charge in [0.1, 0.15) is 23.1 Å². The molecule has 1 aromatic carbocycles. The van der Waals surface area contributed by atoms with Gasteiger partial charge in [0, 0.05) is 5.56 Å². The van der Waals surface area contributed by atoms with Crippen molar-refractivity contribution in [3.05, 3.63) is 23.8 Å². The van der Waals surface area contributed by atoms with Gasteiger partial charge in [0.25, 0.3) is 5.91 Å². The number of carbonyl (C=O) groups is 2. The van der Waals surface area contributed by atoms with Crippen molar-refractivity contribution >= 4 is 11.9 Å². The SMILES string of the molecule is COc1ccc(OC)c(C(O)CN2C(=O)NC3(CCCC3)C2=O)c1. The molecule has 3 rings (SSSR count). The van der Waals surface area contributed by atoms with Gasteiger partial charge in [-0.25, -0.2) is 4.79 Å². The van der Waals surface area contributed by atoms with Gasteiger partial charge in [-0.3, -0.25) is 9.69 Å². The third-order valence-corrected chi connectivity index (χ3v) is 4.85. The normalized spacial score (nSPS) is 20.4. The van der Waals surface area contributed by atoms with E-state index in [-0.39, 0.29) is 12.5 Å². The van der Waals surface area contributed by atoms with E-state index in [1.165, 1.54) is 14.2 Å². The number of hydrogen-bond acceptors (Lipinski definition) is 5. The number of carbonyl (C=O) groups excluding carboxylic acids is 2. The minimum absolute atomic E-state index is 0.115. The van der Waals surface area contributed by atoms with Crippen molar-refractivity contribution in [1.82, 2.24) is 10.2 Å². The van der Waals surface area contributed by atoms with E-state index in [0.29, 0.717) is 29.9 Å². The number of ether oxygens (including phenoxy) is 2. The van der Waals surface area contributed by atoms with Crippen LogP contribution < -0.4 is 14.8 Å². The van der Waals surface area contributed by atoms with Gasteiger partial charge in [-0.15, -0.1) is 0 Å². The first-order valence-corrected chi connectivity index (χ1v) is 8.05. The number of benzene rings is 1. The summed E-state index contributed by atoms with van der Waals surface area (Å²) in [5.41, 5.74) is -0.292. The predicted molar refractivity (Wildman–Crippen MR) is 85.9 cm³/mol. The highest BCUT2D eigenvalue weighted by molar-refractivity contribution is 6.07. The van der Waals surface area contributed by atoms with E-state index in [1.807, 2.05) is 0 Å². The maximum Gasteiger partial charge on any atom is 0.325 e. The molecule has 130 valence electrons. The number of β-amino-alcohol motifs (C(OH)–C–C–N with tert-alkyl or cyclic N) is 1. The van der Waals surface area contributed by atoms with Crippen LogP contribution in [-0.2, 0) is 4.79 Å². The number of imide groups is 1. The lowest BCUT2D eigenvalue weighted by Crippen LogP contribution is -2.44. The van der Waals surface area contributed by atoms with Crippen LogP contribution in [0, 0.1) is 0 Å². The zero-order chi connectivity index (χ0) is 17.3. The first kappa shape index (κ1) is 16.6. The largest absolute Gasteiger partial charge is 0.497 e. The quantitative estimate of drug-likeness (QED) is 0.799. The molecule has 2 fully saturated rings. The van der Waals surface area contributed by atoms with Gasteiger partial charge in [-0.05, 0) is 31.0 Å². The van der Waals surface area contributed by atoms with Crippen molar-refractivity contribution in [2.45, 2.75) is 37.3 Å². The minimum atomic E-state index is -1.05. The Balaban J connectivity index is 1.81. The Hall–Kier alpha value is -2.28. The summed E-state index contributed by atoms with van der Waals surface area (Å²) in [7, 11) is 3.03. The first-order chi connectivity index (χ1) is 11.5. The standard InChI is InChI=1S/C17H22N2O5/c1-23-11-5-6-14(24-2)12(9-11)13(20)10-19-15(21)17(18-16(19)22)7-3-4-8-17/h5-6,9,13,20H,3-4,7-8,10H2,1-2H3,(H,18,22). The van der Waals surface area contributed by atoms with E-state index in [2.05, 4.69) is 5.32 Å². The number of aliphatic hydroxyl groups is 1. The molecule has 1 saturated heterocycles. The summed E-state index contributed by atoms with van der Waals surface area (Å²) < 4.78 is 10.4. The summed E-state index contributed by atoms with van der Waals surface area (Å²) in [5.74, 6) is 0.797. The van der Waals surface area contributed by atoms with E-state index in [1.54, 1.807) is 18.2 Å². The second-order valence-electron chi connectivity index (χ2n) is 6.26. The first-order valence-electron chi connectivity index (χ1n) is 8.05. The Morgan fingerprint density at radius 2 is 1.96 bits per heavy atom. The van der Waals surface area contributed by atoms with E-state index in [0.717, 1.165) is 17.7 Å². The molecule has 24 heavy (non-hydrogen) atoms.